The Kier molecular flexibility index (Phi) is 6.23. The largest absolute Gasteiger partial charge is 0.393 e. The first kappa shape index (κ1) is 17.1. The molecule has 1 unspecified atom stereocenters. The Morgan fingerprint density at radius 1 is 1.53 bits per heavy atom. The molecule has 0 aliphatic carbocycles. The van der Waals surface area contributed by atoms with Gasteiger partial charge in [-0.15, -0.1) is 12.4 Å². The van der Waals surface area contributed by atoms with Gasteiger partial charge in [0.25, 0.3) is 11.6 Å². The molecule has 1 aromatic rings. The van der Waals surface area contributed by atoms with Crippen LogP contribution in [0.1, 0.15) is 17.3 Å². The Bertz CT molecular complexity index is 481. The van der Waals surface area contributed by atoms with Crippen molar-refractivity contribution in [2.75, 3.05) is 19.3 Å². The van der Waals surface area contributed by atoms with Crippen molar-refractivity contribution in [3.63, 3.8) is 0 Å². The maximum atomic E-state index is 12.0. The van der Waals surface area contributed by atoms with E-state index in [0.717, 1.165) is 0 Å². The smallest absolute Gasteiger partial charge is 0.292 e. The number of amides is 1. The Hall–Kier alpha value is -1.86. The highest BCUT2D eigenvalue weighted by Gasteiger charge is 2.20. The standard InChI is InChI=1S/C11H16N4O3.ClH/c1-7(6-12)14(2)11(16)8-3-4-9(13)10(5-8)15(17)18;/h3-5,7H,6,12-13H2,1-2H3;1H. The molecule has 19 heavy (non-hydrogen) atoms. The number of nitro benzene ring substituents is 1. The van der Waals surface area contributed by atoms with Crippen LogP contribution in [0.5, 0.6) is 0 Å². The summed E-state index contributed by atoms with van der Waals surface area (Å²) in [6.45, 7) is 2.11. The highest BCUT2D eigenvalue weighted by molar-refractivity contribution is 5.95. The lowest BCUT2D eigenvalue weighted by atomic mass is 10.1. The second-order valence-electron chi connectivity index (χ2n) is 4.03. The van der Waals surface area contributed by atoms with Gasteiger partial charge < -0.3 is 16.4 Å². The highest BCUT2D eigenvalue weighted by atomic mass is 35.5. The van der Waals surface area contributed by atoms with Crippen LogP contribution in [0.25, 0.3) is 0 Å². The first-order valence-electron chi connectivity index (χ1n) is 5.39. The van der Waals surface area contributed by atoms with Crippen molar-refractivity contribution in [1.29, 1.82) is 0 Å². The monoisotopic (exact) mass is 288 g/mol. The average Bonchev–Trinajstić information content (AvgIpc) is 2.36. The molecule has 8 heteroatoms. The van der Waals surface area contributed by atoms with Gasteiger partial charge in [0.1, 0.15) is 5.69 Å². The zero-order chi connectivity index (χ0) is 13.9. The molecule has 0 aromatic heterocycles. The van der Waals surface area contributed by atoms with Crippen LogP contribution in [-0.4, -0.2) is 35.4 Å². The van der Waals surface area contributed by atoms with Crippen LogP contribution < -0.4 is 11.5 Å². The second-order valence-corrected chi connectivity index (χ2v) is 4.03. The normalized spacial score (nSPS) is 11.3. The van der Waals surface area contributed by atoms with Gasteiger partial charge in [-0.1, -0.05) is 0 Å². The van der Waals surface area contributed by atoms with E-state index in [9.17, 15) is 14.9 Å². The van der Waals surface area contributed by atoms with Crippen molar-refractivity contribution in [1.82, 2.24) is 4.90 Å². The van der Waals surface area contributed by atoms with E-state index >= 15 is 0 Å². The van der Waals surface area contributed by atoms with E-state index in [-0.39, 0.29) is 41.3 Å². The van der Waals surface area contributed by atoms with Gasteiger partial charge in [-0.3, -0.25) is 14.9 Å². The van der Waals surface area contributed by atoms with Gasteiger partial charge in [-0.25, -0.2) is 0 Å². The van der Waals surface area contributed by atoms with Crippen LogP contribution in [0.2, 0.25) is 0 Å². The lowest BCUT2D eigenvalue weighted by molar-refractivity contribution is -0.383. The third kappa shape index (κ3) is 3.80. The molecule has 0 aliphatic heterocycles. The van der Waals surface area contributed by atoms with E-state index in [0.29, 0.717) is 6.54 Å². The van der Waals surface area contributed by atoms with Crippen LogP contribution in [0.15, 0.2) is 18.2 Å². The maximum absolute atomic E-state index is 12.0. The van der Waals surface area contributed by atoms with E-state index in [4.69, 9.17) is 11.5 Å². The summed E-state index contributed by atoms with van der Waals surface area (Å²) in [6, 6.07) is 3.85. The number of benzene rings is 1. The number of hydrogen-bond acceptors (Lipinski definition) is 5. The Balaban J connectivity index is 0.00000324. The number of anilines is 1. The predicted octanol–water partition coefficient (Wildman–Crippen LogP) is 1.02. The number of carbonyl (C=O) groups is 1. The van der Waals surface area contributed by atoms with Crippen molar-refractivity contribution in [3.05, 3.63) is 33.9 Å². The summed E-state index contributed by atoms with van der Waals surface area (Å²) >= 11 is 0. The summed E-state index contributed by atoms with van der Waals surface area (Å²) in [6.07, 6.45) is 0. The summed E-state index contributed by atoms with van der Waals surface area (Å²) in [5.74, 6) is -0.323. The van der Waals surface area contributed by atoms with Gasteiger partial charge in [0.05, 0.1) is 4.92 Å². The number of likely N-dealkylation sites (N-methyl/N-ethyl adjacent to an activating group) is 1. The fourth-order valence-electron chi connectivity index (χ4n) is 1.40. The lowest BCUT2D eigenvalue weighted by Crippen LogP contribution is -2.39. The molecule has 0 aliphatic rings. The van der Waals surface area contributed by atoms with Crippen molar-refractivity contribution in [2.45, 2.75) is 13.0 Å². The molecule has 0 fully saturated rings. The van der Waals surface area contributed by atoms with Gasteiger partial charge in [0.15, 0.2) is 0 Å². The predicted molar refractivity (Wildman–Crippen MR) is 75.4 cm³/mol. The summed E-state index contributed by atoms with van der Waals surface area (Å²) in [5.41, 5.74) is 10.9. The lowest BCUT2D eigenvalue weighted by Gasteiger charge is -2.23. The van der Waals surface area contributed by atoms with E-state index in [1.807, 2.05) is 0 Å². The fraction of sp³-hybridized carbons (Fsp3) is 0.364. The van der Waals surface area contributed by atoms with Gasteiger partial charge in [0, 0.05) is 31.3 Å². The van der Waals surface area contributed by atoms with Crippen LogP contribution in [0, 0.1) is 10.1 Å². The SMILES string of the molecule is CC(CN)N(C)C(=O)c1ccc(N)c([N+](=O)[O-])c1.Cl. The van der Waals surface area contributed by atoms with Crippen molar-refractivity contribution in [2.24, 2.45) is 5.73 Å². The molecule has 1 atom stereocenters. The molecule has 4 N–H and O–H groups in total. The molecule has 0 heterocycles. The number of rotatable bonds is 4. The Morgan fingerprint density at radius 2 is 2.11 bits per heavy atom. The molecular weight excluding hydrogens is 272 g/mol. The minimum atomic E-state index is -0.613. The van der Waals surface area contributed by atoms with E-state index < -0.39 is 4.92 Å². The summed E-state index contributed by atoms with van der Waals surface area (Å²) in [5, 5.41) is 10.7. The minimum Gasteiger partial charge on any atom is -0.393 e. The molecule has 106 valence electrons. The third-order valence-corrected chi connectivity index (χ3v) is 2.80. The maximum Gasteiger partial charge on any atom is 0.292 e. The zero-order valence-electron chi connectivity index (χ0n) is 10.7. The first-order chi connectivity index (χ1) is 8.38. The molecule has 0 saturated carbocycles. The number of hydrogen-bond donors (Lipinski definition) is 2. The Labute approximate surface area is 117 Å². The Morgan fingerprint density at radius 3 is 2.58 bits per heavy atom. The number of nitrogens with zero attached hydrogens (tertiary/aromatic N) is 2. The van der Waals surface area contributed by atoms with E-state index in [2.05, 4.69) is 0 Å². The highest BCUT2D eigenvalue weighted by Crippen LogP contribution is 2.23. The molecule has 1 amide bonds. The molecule has 0 bridgehead atoms. The van der Waals surface area contributed by atoms with Crippen molar-refractivity contribution < 1.29 is 9.72 Å². The quantitative estimate of drug-likeness (QED) is 0.487. The number of halogens is 1. The fourth-order valence-corrected chi connectivity index (χ4v) is 1.40. The summed E-state index contributed by atoms with van der Waals surface area (Å²) in [4.78, 5) is 23.6. The van der Waals surface area contributed by atoms with Crippen LogP contribution in [0.3, 0.4) is 0 Å². The van der Waals surface area contributed by atoms with E-state index in [1.165, 1.54) is 23.1 Å². The van der Waals surface area contributed by atoms with Gasteiger partial charge in [-0.05, 0) is 19.1 Å². The molecule has 1 rings (SSSR count). The summed E-state index contributed by atoms with van der Waals surface area (Å²) < 4.78 is 0. The summed E-state index contributed by atoms with van der Waals surface area (Å²) in [7, 11) is 1.60. The van der Waals surface area contributed by atoms with Gasteiger partial charge in [0.2, 0.25) is 0 Å². The molecule has 0 spiro atoms. The molecule has 0 radical (unpaired) electrons. The van der Waals surface area contributed by atoms with Gasteiger partial charge in [-0.2, -0.15) is 0 Å². The molecular formula is C11H17ClN4O3. The average molecular weight is 289 g/mol. The topological polar surface area (TPSA) is 115 Å². The number of nitrogen functional groups attached to an aromatic ring is 1. The van der Waals surface area contributed by atoms with Crippen LogP contribution in [-0.2, 0) is 0 Å². The van der Waals surface area contributed by atoms with Crippen molar-refractivity contribution in [3.8, 4) is 0 Å². The number of carbonyl (C=O) groups excluding carboxylic acids is 1. The van der Waals surface area contributed by atoms with Gasteiger partial charge >= 0.3 is 0 Å². The first-order valence-corrected chi connectivity index (χ1v) is 5.39. The minimum absolute atomic E-state index is 0. The molecule has 1 aromatic carbocycles. The van der Waals surface area contributed by atoms with Crippen LogP contribution in [0.4, 0.5) is 11.4 Å². The second kappa shape index (κ2) is 6.91. The molecule has 0 saturated heterocycles. The third-order valence-electron chi connectivity index (χ3n) is 2.80. The van der Waals surface area contributed by atoms with E-state index in [1.54, 1.807) is 14.0 Å². The van der Waals surface area contributed by atoms with Crippen LogP contribution >= 0.6 is 12.4 Å². The number of nitro groups is 1. The molecule has 7 nitrogen and oxygen atoms in total. The number of nitrogens with two attached hydrogens (primary N) is 2. The zero-order valence-corrected chi connectivity index (χ0v) is 11.5. The van der Waals surface area contributed by atoms with Crippen molar-refractivity contribution >= 4 is 29.7 Å².